The van der Waals surface area contributed by atoms with Crippen molar-refractivity contribution >= 4 is 0 Å². The Morgan fingerprint density at radius 1 is 1.00 bits per heavy atom. The van der Waals surface area contributed by atoms with Gasteiger partial charge in [-0.25, -0.2) is 13.2 Å². The summed E-state index contributed by atoms with van der Waals surface area (Å²) in [5.74, 6) is -1.36. The lowest BCUT2D eigenvalue weighted by molar-refractivity contribution is 0.517. The summed E-state index contributed by atoms with van der Waals surface area (Å²) < 4.78 is 40.1. The average molecular weight is 293 g/mol. The zero-order chi connectivity index (χ0) is 15.6. The molecule has 2 aromatic carbocycles. The third-order valence-corrected chi connectivity index (χ3v) is 3.54. The van der Waals surface area contributed by atoms with Crippen LogP contribution in [0.1, 0.15) is 35.2 Å². The summed E-state index contributed by atoms with van der Waals surface area (Å²) in [7, 11) is 0. The minimum absolute atomic E-state index is 0.198. The second kappa shape index (κ2) is 6.31. The Labute approximate surface area is 122 Å². The fourth-order valence-corrected chi connectivity index (χ4v) is 2.37. The molecule has 0 bridgehead atoms. The van der Waals surface area contributed by atoms with Crippen LogP contribution in [0.15, 0.2) is 30.3 Å². The van der Waals surface area contributed by atoms with Gasteiger partial charge < -0.3 is 5.32 Å². The third-order valence-electron chi connectivity index (χ3n) is 3.54. The molecule has 0 amide bonds. The van der Waals surface area contributed by atoms with Crippen molar-refractivity contribution in [3.8, 4) is 0 Å². The summed E-state index contributed by atoms with van der Waals surface area (Å²) in [6.45, 7) is 5.73. The maximum Gasteiger partial charge on any atom is 0.130 e. The number of aryl methyl sites for hydroxylation is 2. The highest BCUT2D eigenvalue weighted by Gasteiger charge is 2.12. The Bertz CT molecular complexity index is 629. The highest BCUT2D eigenvalue weighted by molar-refractivity contribution is 5.30. The van der Waals surface area contributed by atoms with Gasteiger partial charge in [0.2, 0.25) is 0 Å². The minimum Gasteiger partial charge on any atom is -0.306 e. The van der Waals surface area contributed by atoms with Crippen LogP contribution in [0.3, 0.4) is 0 Å². The molecule has 1 unspecified atom stereocenters. The molecule has 1 atom stereocenters. The molecule has 0 aliphatic rings. The van der Waals surface area contributed by atoms with Gasteiger partial charge in [0, 0.05) is 24.2 Å². The van der Waals surface area contributed by atoms with E-state index in [9.17, 15) is 13.2 Å². The van der Waals surface area contributed by atoms with Crippen LogP contribution >= 0.6 is 0 Å². The van der Waals surface area contributed by atoms with E-state index in [4.69, 9.17) is 0 Å². The van der Waals surface area contributed by atoms with E-state index in [1.54, 1.807) is 32.9 Å². The first-order valence-corrected chi connectivity index (χ1v) is 6.82. The van der Waals surface area contributed by atoms with Gasteiger partial charge in [0.15, 0.2) is 0 Å². The van der Waals surface area contributed by atoms with Crippen LogP contribution in [0.4, 0.5) is 13.2 Å². The summed E-state index contributed by atoms with van der Waals surface area (Å²) in [5.41, 5.74) is 2.52. The summed E-state index contributed by atoms with van der Waals surface area (Å²) in [6.07, 6.45) is 0. The maximum absolute atomic E-state index is 13.7. The molecule has 2 rings (SSSR count). The molecule has 0 saturated carbocycles. The van der Waals surface area contributed by atoms with Gasteiger partial charge in [-0.1, -0.05) is 18.2 Å². The van der Waals surface area contributed by atoms with Crippen LogP contribution in [0.5, 0.6) is 0 Å². The van der Waals surface area contributed by atoms with Gasteiger partial charge in [-0.05, 0) is 43.5 Å². The molecular weight excluding hydrogens is 275 g/mol. The Morgan fingerprint density at radius 3 is 2.19 bits per heavy atom. The van der Waals surface area contributed by atoms with E-state index < -0.39 is 11.6 Å². The van der Waals surface area contributed by atoms with Crippen molar-refractivity contribution in [3.63, 3.8) is 0 Å². The minimum atomic E-state index is -0.590. The topological polar surface area (TPSA) is 12.0 Å². The van der Waals surface area contributed by atoms with Gasteiger partial charge in [-0.2, -0.15) is 0 Å². The second-order valence-electron chi connectivity index (χ2n) is 5.31. The lowest BCUT2D eigenvalue weighted by Crippen LogP contribution is -2.19. The van der Waals surface area contributed by atoms with Crippen molar-refractivity contribution in [2.75, 3.05) is 0 Å². The predicted molar refractivity (Wildman–Crippen MR) is 77.5 cm³/mol. The fraction of sp³-hybridized carbons (Fsp3) is 0.294. The predicted octanol–water partition coefficient (Wildman–Crippen LogP) is 4.57. The summed E-state index contributed by atoms with van der Waals surface area (Å²) in [5, 5.41) is 3.16. The molecule has 0 aliphatic carbocycles. The first-order chi connectivity index (χ1) is 9.88. The Balaban J connectivity index is 2.09. The second-order valence-corrected chi connectivity index (χ2v) is 5.31. The molecule has 0 heterocycles. The van der Waals surface area contributed by atoms with Crippen molar-refractivity contribution in [2.24, 2.45) is 0 Å². The standard InChI is InChI=1S/C17H18F3N/c1-10-6-13(7-11(2)17(10)20)9-21-12(3)15-5-4-14(18)8-16(15)19/h4-8,12,21H,9H2,1-3H3. The zero-order valence-corrected chi connectivity index (χ0v) is 12.3. The molecule has 0 aromatic heterocycles. The molecule has 0 radical (unpaired) electrons. The number of hydrogen-bond acceptors (Lipinski definition) is 1. The number of hydrogen-bond donors (Lipinski definition) is 1. The van der Waals surface area contributed by atoms with Crippen molar-refractivity contribution in [1.29, 1.82) is 0 Å². The molecule has 1 nitrogen and oxygen atoms in total. The van der Waals surface area contributed by atoms with E-state index in [-0.39, 0.29) is 11.9 Å². The quantitative estimate of drug-likeness (QED) is 0.870. The summed E-state index contributed by atoms with van der Waals surface area (Å²) in [4.78, 5) is 0. The van der Waals surface area contributed by atoms with Gasteiger partial charge in [0.1, 0.15) is 17.5 Å². The molecule has 4 heteroatoms. The molecule has 0 saturated heterocycles. The Morgan fingerprint density at radius 2 is 1.62 bits per heavy atom. The van der Waals surface area contributed by atoms with Crippen LogP contribution < -0.4 is 5.32 Å². The molecule has 112 valence electrons. The number of halogens is 3. The van der Waals surface area contributed by atoms with Crippen LogP contribution in [-0.2, 0) is 6.54 Å². The molecular formula is C17H18F3N. The highest BCUT2D eigenvalue weighted by atomic mass is 19.1. The van der Waals surface area contributed by atoms with Gasteiger partial charge in [-0.15, -0.1) is 0 Å². The van der Waals surface area contributed by atoms with E-state index in [2.05, 4.69) is 5.32 Å². The van der Waals surface area contributed by atoms with Gasteiger partial charge >= 0.3 is 0 Å². The van der Waals surface area contributed by atoms with E-state index in [0.717, 1.165) is 11.6 Å². The van der Waals surface area contributed by atoms with Crippen LogP contribution in [0.2, 0.25) is 0 Å². The van der Waals surface area contributed by atoms with Gasteiger partial charge in [0.25, 0.3) is 0 Å². The van der Waals surface area contributed by atoms with Crippen molar-refractivity contribution in [2.45, 2.75) is 33.4 Å². The fourth-order valence-electron chi connectivity index (χ4n) is 2.37. The lowest BCUT2D eigenvalue weighted by atomic mass is 10.0. The molecule has 0 spiro atoms. The molecule has 1 N–H and O–H groups in total. The lowest BCUT2D eigenvalue weighted by Gasteiger charge is -2.16. The van der Waals surface area contributed by atoms with Gasteiger partial charge in [-0.3, -0.25) is 0 Å². The molecule has 0 fully saturated rings. The van der Waals surface area contributed by atoms with Crippen molar-refractivity contribution in [1.82, 2.24) is 5.32 Å². The first-order valence-electron chi connectivity index (χ1n) is 6.82. The van der Waals surface area contributed by atoms with E-state index >= 15 is 0 Å². The highest BCUT2D eigenvalue weighted by Crippen LogP contribution is 2.19. The number of benzene rings is 2. The number of rotatable bonds is 4. The smallest absolute Gasteiger partial charge is 0.130 e. The van der Waals surface area contributed by atoms with Crippen LogP contribution in [-0.4, -0.2) is 0 Å². The van der Waals surface area contributed by atoms with E-state index in [0.29, 0.717) is 23.2 Å². The average Bonchev–Trinajstić information content (AvgIpc) is 2.42. The normalized spacial score (nSPS) is 12.5. The van der Waals surface area contributed by atoms with E-state index in [1.807, 2.05) is 0 Å². The Kier molecular flexibility index (Phi) is 4.68. The molecule has 2 aromatic rings. The first kappa shape index (κ1) is 15.6. The van der Waals surface area contributed by atoms with Gasteiger partial charge in [0.05, 0.1) is 0 Å². The maximum atomic E-state index is 13.7. The summed E-state index contributed by atoms with van der Waals surface area (Å²) in [6, 6.07) is 6.81. The number of nitrogens with one attached hydrogen (secondary N) is 1. The third kappa shape index (κ3) is 3.64. The van der Waals surface area contributed by atoms with Crippen LogP contribution in [0.25, 0.3) is 0 Å². The molecule has 21 heavy (non-hydrogen) atoms. The van der Waals surface area contributed by atoms with Crippen molar-refractivity contribution in [3.05, 3.63) is 70.0 Å². The largest absolute Gasteiger partial charge is 0.306 e. The zero-order valence-electron chi connectivity index (χ0n) is 12.3. The van der Waals surface area contributed by atoms with E-state index in [1.165, 1.54) is 12.1 Å². The van der Waals surface area contributed by atoms with Crippen molar-refractivity contribution < 1.29 is 13.2 Å². The molecule has 0 aliphatic heterocycles. The van der Waals surface area contributed by atoms with Crippen LogP contribution in [0, 0.1) is 31.3 Å². The Hall–Kier alpha value is -1.81. The summed E-state index contributed by atoms with van der Waals surface area (Å²) >= 11 is 0. The monoisotopic (exact) mass is 293 g/mol. The SMILES string of the molecule is Cc1cc(CNC(C)c2ccc(F)cc2F)cc(C)c1F.